The van der Waals surface area contributed by atoms with Crippen molar-refractivity contribution in [1.29, 1.82) is 0 Å². The fraction of sp³-hybridized carbons (Fsp3) is 0.345. The molecule has 0 radical (unpaired) electrons. The Morgan fingerprint density at radius 3 is 2.65 bits per heavy atom. The molecule has 0 spiro atoms. The summed E-state index contributed by atoms with van der Waals surface area (Å²) in [7, 11) is 0. The molecule has 5 rings (SSSR count). The van der Waals surface area contributed by atoms with Crippen molar-refractivity contribution in [1.82, 2.24) is 14.7 Å². The van der Waals surface area contributed by atoms with Crippen molar-refractivity contribution in [2.24, 2.45) is 10.9 Å². The number of amidine groups is 1. The predicted molar refractivity (Wildman–Crippen MR) is 149 cm³/mol. The van der Waals surface area contributed by atoms with E-state index in [2.05, 4.69) is 36.7 Å². The molecule has 192 valence electrons. The molecule has 0 saturated carbocycles. The Labute approximate surface area is 222 Å². The molecule has 7 nitrogen and oxygen atoms in total. The van der Waals surface area contributed by atoms with Crippen molar-refractivity contribution in [2.45, 2.75) is 27.2 Å². The van der Waals surface area contributed by atoms with E-state index >= 15 is 0 Å². The van der Waals surface area contributed by atoms with Gasteiger partial charge in [0.15, 0.2) is 5.17 Å². The maximum absolute atomic E-state index is 12.8. The third kappa shape index (κ3) is 5.97. The maximum Gasteiger partial charge on any atom is 0.286 e. The highest BCUT2D eigenvalue weighted by molar-refractivity contribution is 8.18. The van der Waals surface area contributed by atoms with Crippen LogP contribution in [0.4, 0.5) is 0 Å². The number of aromatic nitrogens is 2. The van der Waals surface area contributed by atoms with Crippen molar-refractivity contribution in [3.63, 3.8) is 0 Å². The lowest BCUT2D eigenvalue weighted by Gasteiger charge is -2.27. The SMILES string of the molecule is Cc1cc(-c2nn(-c3ccccc3)cc2C=C2SC(N3CCOCC3)=NC2=O)ccc1OCCC(C)C. The van der Waals surface area contributed by atoms with Gasteiger partial charge in [-0.25, -0.2) is 4.68 Å². The van der Waals surface area contributed by atoms with Crippen LogP contribution in [0.1, 0.15) is 31.4 Å². The highest BCUT2D eigenvalue weighted by atomic mass is 32.2. The van der Waals surface area contributed by atoms with Gasteiger partial charge in [0, 0.05) is 30.4 Å². The Kier molecular flexibility index (Phi) is 7.76. The molecule has 2 aromatic carbocycles. The van der Waals surface area contributed by atoms with Crippen LogP contribution in [0.5, 0.6) is 5.75 Å². The number of hydrogen-bond donors (Lipinski definition) is 0. The predicted octanol–water partition coefficient (Wildman–Crippen LogP) is 5.58. The summed E-state index contributed by atoms with van der Waals surface area (Å²) in [5, 5.41) is 5.67. The van der Waals surface area contributed by atoms with E-state index in [1.54, 1.807) is 0 Å². The van der Waals surface area contributed by atoms with Crippen LogP contribution >= 0.6 is 11.8 Å². The van der Waals surface area contributed by atoms with Gasteiger partial charge in [-0.05, 0) is 73.0 Å². The fourth-order valence-corrected chi connectivity index (χ4v) is 5.18. The molecule has 2 aliphatic rings. The molecule has 1 fully saturated rings. The van der Waals surface area contributed by atoms with Gasteiger partial charge < -0.3 is 14.4 Å². The van der Waals surface area contributed by atoms with Crippen LogP contribution in [0.2, 0.25) is 0 Å². The minimum Gasteiger partial charge on any atom is -0.493 e. The minimum absolute atomic E-state index is 0.213. The zero-order valence-corrected chi connectivity index (χ0v) is 22.3. The number of aryl methyl sites for hydroxylation is 1. The summed E-state index contributed by atoms with van der Waals surface area (Å²) in [4.78, 5) is 19.9. The van der Waals surface area contributed by atoms with Crippen molar-refractivity contribution < 1.29 is 14.3 Å². The first-order valence-electron chi connectivity index (χ1n) is 12.7. The average molecular weight is 517 g/mol. The number of carbonyl (C=O) groups is 1. The minimum atomic E-state index is -0.213. The number of nitrogens with zero attached hydrogens (tertiary/aromatic N) is 4. The van der Waals surface area contributed by atoms with Crippen molar-refractivity contribution in [3.8, 4) is 22.7 Å². The number of aliphatic imine (C=N–C) groups is 1. The summed E-state index contributed by atoms with van der Waals surface area (Å²) < 4.78 is 13.3. The number of rotatable bonds is 7. The van der Waals surface area contributed by atoms with Crippen LogP contribution in [0.15, 0.2) is 64.6 Å². The van der Waals surface area contributed by atoms with Crippen LogP contribution in [0.25, 0.3) is 23.0 Å². The molecule has 3 heterocycles. The lowest BCUT2D eigenvalue weighted by Crippen LogP contribution is -2.38. The molecule has 0 aliphatic carbocycles. The Bertz CT molecular complexity index is 1320. The smallest absolute Gasteiger partial charge is 0.286 e. The monoisotopic (exact) mass is 516 g/mol. The second kappa shape index (κ2) is 11.4. The van der Waals surface area contributed by atoms with Gasteiger partial charge in [0.2, 0.25) is 0 Å². The van der Waals surface area contributed by atoms with Gasteiger partial charge in [0.25, 0.3) is 5.91 Å². The molecule has 2 aliphatic heterocycles. The van der Waals surface area contributed by atoms with E-state index in [-0.39, 0.29) is 5.91 Å². The van der Waals surface area contributed by atoms with Crippen molar-refractivity contribution >= 4 is 28.9 Å². The highest BCUT2D eigenvalue weighted by Gasteiger charge is 2.28. The zero-order chi connectivity index (χ0) is 25.8. The molecule has 1 amide bonds. The largest absolute Gasteiger partial charge is 0.493 e. The lowest BCUT2D eigenvalue weighted by molar-refractivity contribution is -0.113. The van der Waals surface area contributed by atoms with E-state index in [1.807, 2.05) is 59.4 Å². The van der Waals surface area contributed by atoms with Crippen LogP contribution in [0.3, 0.4) is 0 Å². The first-order chi connectivity index (χ1) is 18.0. The maximum atomic E-state index is 12.8. The van der Waals surface area contributed by atoms with Gasteiger partial charge in [-0.1, -0.05) is 32.0 Å². The van der Waals surface area contributed by atoms with E-state index in [0.29, 0.717) is 30.6 Å². The summed E-state index contributed by atoms with van der Waals surface area (Å²) in [6.45, 7) is 9.93. The van der Waals surface area contributed by atoms with Gasteiger partial charge in [0.05, 0.1) is 30.4 Å². The number of amides is 1. The molecule has 0 atom stereocenters. The quantitative estimate of drug-likeness (QED) is 0.382. The fourth-order valence-electron chi connectivity index (χ4n) is 4.22. The molecule has 1 saturated heterocycles. The van der Waals surface area contributed by atoms with Gasteiger partial charge in [-0.3, -0.25) is 4.79 Å². The number of para-hydroxylation sites is 1. The van der Waals surface area contributed by atoms with E-state index in [0.717, 1.165) is 58.5 Å². The number of morpholine rings is 1. The number of benzene rings is 2. The first kappa shape index (κ1) is 25.3. The lowest BCUT2D eigenvalue weighted by atomic mass is 10.0. The Hall–Kier alpha value is -3.36. The van der Waals surface area contributed by atoms with Crippen LogP contribution in [-0.4, -0.2) is 58.7 Å². The van der Waals surface area contributed by atoms with Crippen LogP contribution in [-0.2, 0) is 9.53 Å². The number of ether oxygens (including phenoxy) is 2. The zero-order valence-electron chi connectivity index (χ0n) is 21.5. The number of carbonyl (C=O) groups excluding carboxylic acids is 1. The molecule has 0 N–H and O–H groups in total. The van der Waals surface area contributed by atoms with Crippen LogP contribution < -0.4 is 4.74 Å². The second-order valence-electron chi connectivity index (χ2n) is 9.63. The van der Waals surface area contributed by atoms with Gasteiger partial charge in [-0.2, -0.15) is 10.1 Å². The van der Waals surface area contributed by atoms with Crippen molar-refractivity contribution in [3.05, 3.63) is 70.8 Å². The molecule has 8 heteroatoms. The van der Waals surface area contributed by atoms with E-state index in [9.17, 15) is 4.79 Å². The topological polar surface area (TPSA) is 69.0 Å². The second-order valence-corrected chi connectivity index (χ2v) is 10.6. The molecular weight excluding hydrogens is 484 g/mol. The standard InChI is InChI=1S/C29H32N4O3S/c1-20(2)11-14-36-25-10-9-22(17-21(25)3)27-23(19-33(31-27)24-7-5-4-6-8-24)18-26-28(34)30-29(37-26)32-12-15-35-16-13-32/h4-10,17-20H,11-16H2,1-3H3. The van der Waals surface area contributed by atoms with Gasteiger partial charge in [0.1, 0.15) is 11.4 Å². The first-order valence-corrected chi connectivity index (χ1v) is 13.5. The molecule has 0 unspecified atom stereocenters. The van der Waals surface area contributed by atoms with Gasteiger partial charge >= 0.3 is 0 Å². The summed E-state index contributed by atoms with van der Waals surface area (Å²) in [5.74, 6) is 1.27. The molecule has 37 heavy (non-hydrogen) atoms. The summed E-state index contributed by atoms with van der Waals surface area (Å²) >= 11 is 1.42. The summed E-state index contributed by atoms with van der Waals surface area (Å²) in [6, 6.07) is 16.1. The summed E-state index contributed by atoms with van der Waals surface area (Å²) in [5.41, 5.74) is 4.65. The van der Waals surface area contributed by atoms with E-state index in [4.69, 9.17) is 14.6 Å². The van der Waals surface area contributed by atoms with Crippen LogP contribution in [0, 0.1) is 12.8 Å². The van der Waals surface area contributed by atoms with E-state index in [1.165, 1.54) is 11.8 Å². The van der Waals surface area contributed by atoms with Crippen molar-refractivity contribution in [2.75, 3.05) is 32.9 Å². The molecule has 0 bridgehead atoms. The Balaban J connectivity index is 1.46. The summed E-state index contributed by atoms with van der Waals surface area (Å²) in [6.07, 6.45) is 4.90. The third-order valence-electron chi connectivity index (χ3n) is 6.34. The van der Waals surface area contributed by atoms with Gasteiger partial charge in [-0.15, -0.1) is 0 Å². The molecular formula is C29H32N4O3S. The normalized spacial score (nSPS) is 17.1. The average Bonchev–Trinajstić information content (AvgIpc) is 3.50. The Morgan fingerprint density at radius 1 is 1.14 bits per heavy atom. The molecule has 1 aromatic heterocycles. The number of hydrogen-bond acceptors (Lipinski definition) is 6. The Morgan fingerprint density at radius 2 is 1.92 bits per heavy atom. The number of thioether (sulfide) groups is 1. The van der Waals surface area contributed by atoms with E-state index < -0.39 is 0 Å². The third-order valence-corrected chi connectivity index (χ3v) is 7.39. The molecule has 3 aromatic rings. The highest BCUT2D eigenvalue weighted by Crippen LogP contribution is 2.34.